The van der Waals surface area contributed by atoms with Crippen LogP contribution in [0.15, 0.2) is 54.9 Å². The van der Waals surface area contributed by atoms with Gasteiger partial charge in [0.2, 0.25) is 0 Å². The van der Waals surface area contributed by atoms with E-state index in [1.807, 2.05) is 0 Å². The van der Waals surface area contributed by atoms with Crippen molar-refractivity contribution in [3.8, 4) is 17.0 Å². The van der Waals surface area contributed by atoms with Gasteiger partial charge in [-0.1, -0.05) is 12.1 Å². The number of phenolic OH excluding ortho intramolecular Hbond substituents is 1. The molecule has 3 N–H and O–H groups in total. The predicted octanol–water partition coefficient (Wildman–Crippen LogP) is 3.29. The third-order valence-corrected chi connectivity index (χ3v) is 3.27. The number of benzene rings is 1. The molecule has 0 saturated heterocycles. The zero-order valence-electron chi connectivity index (χ0n) is 12.0. The van der Waals surface area contributed by atoms with E-state index in [1.165, 1.54) is 18.5 Å². The molecule has 0 saturated carbocycles. The highest BCUT2D eigenvalue weighted by atomic mass is 19.1. The van der Waals surface area contributed by atoms with Crippen molar-refractivity contribution in [1.29, 1.82) is 0 Å². The van der Waals surface area contributed by atoms with Crippen LogP contribution in [0.25, 0.3) is 23.2 Å². The lowest BCUT2D eigenvalue weighted by Crippen LogP contribution is -1.98. The summed E-state index contributed by atoms with van der Waals surface area (Å²) in [4.78, 5) is 3.85. The molecule has 0 aliphatic carbocycles. The van der Waals surface area contributed by atoms with E-state index in [9.17, 15) is 9.50 Å². The maximum Gasteiger partial charge on any atom is 0.153 e. The zero-order chi connectivity index (χ0) is 16.2. The quantitative estimate of drug-likeness (QED) is 0.775. The third kappa shape index (κ3) is 3.16. The van der Waals surface area contributed by atoms with Crippen molar-refractivity contribution < 1.29 is 9.50 Å². The van der Waals surface area contributed by atoms with Crippen LogP contribution in [0.3, 0.4) is 0 Å². The molecule has 0 radical (unpaired) electrons. The monoisotopic (exact) mass is 308 g/mol. The van der Waals surface area contributed by atoms with Crippen LogP contribution in [0.4, 0.5) is 10.2 Å². The van der Waals surface area contributed by atoms with Gasteiger partial charge in [0.15, 0.2) is 5.82 Å². The van der Waals surface area contributed by atoms with Crippen molar-refractivity contribution in [2.45, 2.75) is 0 Å². The van der Waals surface area contributed by atoms with E-state index in [4.69, 9.17) is 5.73 Å². The van der Waals surface area contributed by atoms with E-state index in [1.54, 1.807) is 42.5 Å². The molecule has 5 nitrogen and oxygen atoms in total. The summed E-state index contributed by atoms with van der Waals surface area (Å²) in [5.74, 6) is -0.292. The Morgan fingerprint density at radius 2 is 1.83 bits per heavy atom. The average Bonchev–Trinajstić information content (AvgIpc) is 2.58. The number of nitrogens with two attached hydrogens (primary N) is 1. The third-order valence-electron chi connectivity index (χ3n) is 3.27. The first-order valence-electron chi connectivity index (χ1n) is 6.84. The van der Waals surface area contributed by atoms with Gasteiger partial charge in [-0.3, -0.25) is 4.98 Å². The number of phenols is 1. The fourth-order valence-electron chi connectivity index (χ4n) is 2.08. The van der Waals surface area contributed by atoms with Crippen molar-refractivity contribution in [3.05, 3.63) is 66.0 Å². The number of hydrogen-bond acceptors (Lipinski definition) is 5. The second-order valence-corrected chi connectivity index (χ2v) is 4.82. The van der Waals surface area contributed by atoms with Crippen molar-refractivity contribution in [1.82, 2.24) is 15.2 Å². The SMILES string of the molecule is Nc1nnc(-c2ccccc2O)cc1/C=C(\F)c1ccncc1. The van der Waals surface area contributed by atoms with Crippen LogP contribution in [0.2, 0.25) is 0 Å². The Morgan fingerprint density at radius 3 is 2.57 bits per heavy atom. The Bertz CT molecular complexity index is 865. The molecule has 114 valence electrons. The first-order valence-corrected chi connectivity index (χ1v) is 6.84. The summed E-state index contributed by atoms with van der Waals surface area (Å²) in [7, 11) is 0. The number of pyridine rings is 1. The summed E-state index contributed by atoms with van der Waals surface area (Å²) in [6.07, 6.45) is 4.29. The van der Waals surface area contributed by atoms with Crippen molar-refractivity contribution in [3.63, 3.8) is 0 Å². The van der Waals surface area contributed by atoms with Crippen LogP contribution < -0.4 is 5.73 Å². The van der Waals surface area contributed by atoms with Crippen LogP contribution in [0, 0.1) is 0 Å². The Kier molecular flexibility index (Phi) is 3.97. The lowest BCUT2D eigenvalue weighted by molar-refractivity contribution is 0.477. The van der Waals surface area contributed by atoms with Gasteiger partial charge < -0.3 is 10.8 Å². The number of halogens is 1. The van der Waals surface area contributed by atoms with Gasteiger partial charge in [-0.25, -0.2) is 4.39 Å². The molecule has 1 aromatic carbocycles. The first kappa shape index (κ1) is 14.6. The molecule has 2 heterocycles. The van der Waals surface area contributed by atoms with Gasteiger partial charge in [0.05, 0.1) is 5.69 Å². The largest absolute Gasteiger partial charge is 0.507 e. The van der Waals surface area contributed by atoms with Crippen LogP contribution >= 0.6 is 0 Å². The van der Waals surface area contributed by atoms with Crippen LogP contribution in [0.5, 0.6) is 5.75 Å². The first-order chi connectivity index (χ1) is 11.1. The van der Waals surface area contributed by atoms with E-state index in [-0.39, 0.29) is 11.6 Å². The Morgan fingerprint density at radius 1 is 1.09 bits per heavy atom. The minimum atomic E-state index is -0.463. The van der Waals surface area contributed by atoms with Gasteiger partial charge in [0.1, 0.15) is 11.6 Å². The normalized spacial score (nSPS) is 11.4. The van der Waals surface area contributed by atoms with E-state index in [0.29, 0.717) is 22.4 Å². The molecule has 6 heteroatoms. The molecule has 0 aliphatic rings. The van der Waals surface area contributed by atoms with E-state index in [2.05, 4.69) is 15.2 Å². The highest BCUT2D eigenvalue weighted by Crippen LogP contribution is 2.29. The van der Waals surface area contributed by atoms with E-state index >= 15 is 0 Å². The topological polar surface area (TPSA) is 84.9 Å². The highest BCUT2D eigenvalue weighted by molar-refractivity contribution is 5.81. The number of aromatic nitrogens is 3. The van der Waals surface area contributed by atoms with Gasteiger partial charge in [-0.05, 0) is 36.4 Å². The Labute approximate surface area is 132 Å². The van der Waals surface area contributed by atoms with Crippen LogP contribution in [-0.4, -0.2) is 20.3 Å². The van der Waals surface area contributed by atoms with Gasteiger partial charge in [-0.15, -0.1) is 10.2 Å². The fraction of sp³-hybridized carbons (Fsp3) is 0. The summed E-state index contributed by atoms with van der Waals surface area (Å²) < 4.78 is 14.3. The molecule has 2 aromatic heterocycles. The lowest BCUT2D eigenvalue weighted by Gasteiger charge is -2.06. The predicted molar refractivity (Wildman–Crippen MR) is 86.8 cm³/mol. The molecular weight excluding hydrogens is 295 g/mol. The van der Waals surface area contributed by atoms with Gasteiger partial charge in [0, 0.05) is 29.1 Å². The summed E-state index contributed by atoms with van der Waals surface area (Å²) in [6, 6.07) is 11.4. The van der Waals surface area contributed by atoms with Gasteiger partial charge >= 0.3 is 0 Å². The molecule has 0 fully saturated rings. The number of nitrogens with zero attached hydrogens (tertiary/aromatic N) is 3. The van der Waals surface area contributed by atoms with Crippen molar-refractivity contribution in [2.24, 2.45) is 0 Å². The van der Waals surface area contributed by atoms with Gasteiger partial charge in [0.25, 0.3) is 0 Å². The smallest absolute Gasteiger partial charge is 0.153 e. The maximum absolute atomic E-state index is 14.3. The van der Waals surface area contributed by atoms with Crippen molar-refractivity contribution >= 4 is 17.7 Å². The number of aromatic hydroxyl groups is 1. The van der Waals surface area contributed by atoms with Crippen LogP contribution in [0.1, 0.15) is 11.1 Å². The minimum Gasteiger partial charge on any atom is -0.507 e. The molecule has 23 heavy (non-hydrogen) atoms. The number of nitrogen functional groups attached to an aromatic ring is 1. The molecule has 0 bridgehead atoms. The second kappa shape index (κ2) is 6.23. The molecule has 3 rings (SSSR count). The van der Waals surface area contributed by atoms with Crippen LogP contribution in [-0.2, 0) is 0 Å². The maximum atomic E-state index is 14.3. The number of anilines is 1. The molecule has 0 amide bonds. The standard InChI is InChI=1S/C17H13FN4O/c18-14(11-5-7-20-8-6-11)9-12-10-15(21-22-17(12)19)13-3-1-2-4-16(13)23/h1-10,23H,(H2,19,22)/b14-9-. The summed E-state index contributed by atoms with van der Waals surface area (Å²) in [5, 5.41) is 17.7. The number of rotatable bonds is 3. The fourth-order valence-corrected chi connectivity index (χ4v) is 2.08. The summed E-state index contributed by atoms with van der Waals surface area (Å²) in [6.45, 7) is 0. The molecule has 0 aliphatic heterocycles. The Balaban J connectivity index is 2.04. The Hall–Kier alpha value is -3.28. The van der Waals surface area contributed by atoms with Gasteiger partial charge in [-0.2, -0.15) is 0 Å². The van der Waals surface area contributed by atoms with Crippen molar-refractivity contribution in [2.75, 3.05) is 5.73 Å². The van der Waals surface area contributed by atoms with E-state index in [0.717, 1.165) is 0 Å². The summed E-state index contributed by atoms with van der Waals surface area (Å²) in [5.41, 5.74) is 7.45. The number of hydrogen-bond donors (Lipinski definition) is 2. The molecule has 0 unspecified atom stereocenters. The molecular formula is C17H13FN4O. The number of para-hydroxylation sites is 1. The molecule has 3 aromatic rings. The van der Waals surface area contributed by atoms with E-state index < -0.39 is 5.83 Å². The molecule has 0 atom stereocenters. The zero-order valence-corrected chi connectivity index (χ0v) is 12.0. The highest BCUT2D eigenvalue weighted by Gasteiger charge is 2.10. The minimum absolute atomic E-state index is 0.0658. The second-order valence-electron chi connectivity index (χ2n) is 4.82. The summed E-state index contributed by atoms with van der Waals surface area (Å²) >= 11 is 0. The molecule has 0 spiro atoms. The average molecular weight is 308 g/mol. The lowest BCUT2D eigenvalue weighted by atomic mass is 10.1.